The number of methoxy groups -OCH3 is 4. The van der Waals surface area contributed by atoms with Crippen molar-refractivity contribution >= 4 is 32.6 Å². The molecule has 0 fully saturated rings. The molecule has 0 aliphatic rings. The highest BCUT2D eigenvalue weighted by atomic mass is 32.1. The van der Waals surface area contributed by atoms with E-state index in [9.17, 15) is 4.79 Å². The van der Waals surface area contributed by atoms with Crippen molar-refractivity contribution in [3.05, 3.63) is 35.9 Å². The van der Waals surface area contributed by atoms with Crippen molar-refractivity contribution < 1.29 is 23.7 Å². The van der Waals surface area contributed by atoms with Crippen molar-refractivity contribution in [2.75, 3.05) is 33.8 Å². The van der Waals surface area contributed by atoms with E-state index >= 15 is 0 Å². The quantitative estimate of drug-likeness (QED) is 0.710. The Hall–Kier alpha value is -3.00. The predicted molar refractivity (Wildman–Crippen MR) is 100 cm³/mol. The van der Waals surface area contributed by atoms with Gasteiger partial charge in [-0.25, -0.2) is 4.98 Å². The summed E-state index contributed by atoms with van der Waals surface area (Å²) in [6, 6.07) is 8.80. The average Bonchev–Trinajstić information content (AvgIpc) is 3.08. The number of benzene rings is 2. The monoisotopic (exact) mass is 374 g/mol. The Kier molecular flexibility index (Phi) is 5.13. The van der Waals surface area contributed by atoms with Crippen molar-refractivity contribution in [3.63, 3.8) is 0 Å². The number of ether oxygens (including phenoxy) is 4. The Balaban J connectivity index is 1.93. The van der Waals surface area contributed by atoms with Crippen LogP contribution in [0.1, 0.15) is 10.4 Å². The Labute approximate surface area is 154 Å². The minimum Gasteiger partial charge on any atom is -0.494 e. The number of nitrogens with zero attached hydrogens (tertiary/aromatic N) is 1. The maximum absolute atomic E-state index is 12.7. The van der Waals surface area contributed by atoms with Crippen LogP contribution in [0.5, 0.6) is 23.0 Å². The first-order valence-electron chi connectivity index (χ1n) is 7.66. The summed E-state index contributed by atoms with van der Waals surface area (Å²) in [4.78, 5) is 17.1. The van der Waals surface area contributed by atoms with Gasteiger partial charge >= 0.3 is 0 Å². The van der Waals surface area contributed by atoms with E-state index in [0.29, 0.717) is 39.2 Å². The Morgan fingerprint density at radius 3 is 2.19 bits per heavy atom. The number of nitrogens with one attached hydrogen (secondary N) is 1. The molecule has 7 nitrogen and oxygen atoms in total. The summed E-state index contributed by atoms with van der Waals surface area (Å²) in [5, 5.41) is 3.28. The summed E-state index contributed by atoms with van der Waals surface area (Å²) in [7, 11) is 6.09. The topological polar surface area (TPSA) is 78.9 Å². The van der Waals surface area contributed by atoms with Crippen molar-refractivity contribution in [2.24, 2.45) is 0 Å². The van der Waals surface area contributed by atoms with Crippen LogP contribution in [-0.2, 0) is 0 Å². The van der Waals surface area contributed by atoms with Gasteiger partial charge in [0.05, 0.1) is 33.1 Å². The number of aromatic nitrogens is 1. The number of fused-ring (bicyclic) bond motifs is 1. The molecule has 0 saturated heterocycles. The molecule has 0 unspecified atom stereocenters. The fourth-order valence-corrected chi connectivity index (χ4v) is 3.40. The molecule has 1 N–H and O–H groups in total. The van der Waals surface area contributed by atoms with Crippen LogP contribution < -0.4 is 24.3 Å². The summed E-state index contributed by atoms with van der Waals surface area (Å²) in [6.45, 7) is 0. The molecular weight excluding hydrogens is 356 g/mol. The number of para-hydroxylation sites is 1. The summed E-state index contributed by atoms with van der Waals surface area (Å²) < 4.78 is 22.1. The van der Waals surface area contributed by atoms with Gasteiger partial charge < -0.3 is 18.9 Å². The fraction of sp³-hybridized carbons (Fsp3) is 0.222. The number of hydrogen-bond donors (Lipinski definition) is 1. The van der Waals surface area contributed by atoms with E-state index in [0.717, 1.165) is 4.70 Å². The van der Waals surface area contributed by atoms with Crippen LogP contribution in [0.2, 0.25) is 0 Å². The molecule has 26 heavy (non-hydrogen) atoms. The molecule has 0 spiro atoms. The van der Waals surface area contributed by atoms with Gasteiger partial charge in [-0.2, -0.15) is 0 Å². The molecule has 0 aliphatic heterocycles. The molecule has 2 aromatic carbocycles. The Morgan fingerprint density at radius 1 is 0.962 bits per heavy atom. The van der Waals surface area contributed by atoms with Gasteiger partial charge in [-0.1, -0.05) is 17.4 Å². The molecule has 3 aromatic rings. The first-order chi connectivity index (χ1) is 12.6. The van der Waals surface area contributed by atoms with Gasteiger partial charge in [0.2, 0.25) is 5.75 Å². The highest BCUT2D eigenvalue weighted by Gasteiger charge is 2.18. The third-order valence-electron chi connectivity index (χ3n) is 3.75. The van der Waals surface area contributed by atoms with Crippen LogP contribution in [0.4, 0.5) is 5.13 Å². The molecule has 3 rings (SSSR count). The van der Waals surface area contributed by atoms with Crippen LogP contribution in [0.25, 0.3) is 10.2 Å². The summed E-state index contributed by atoms with van der Waals surface area (Å²) in [6.07, 6.45) is 0. The van der Waals surface area contributed by atoms with E-state index in [2.05, 4.69) is 10.3 Å². The number of carbonyl (C=O) groups excluding carboxylic acids is 1. The molecule has 136 valence electrons. The van der Waals surface area contributed by atoms with Crippen molar-refractivity contribution in [1.82, 2.24) is 4.98 Å². The van der Waals surface area contributed by atoms with Crippen molar-refractivity contribution in [2.45, 2.75) is 0 Å². The van der Waals surface area contributed by atoms with Gasteiger partial charge in [0.1, 0.15) is 11.3 Å². The normalized spacial score (nSPS) is 10.5. The van der Waals surface area contributed by atoms with Gasteiger partial charge in [0, 0.05) is 5.56 Å². The molecule has 0 bridgehead atoms. The van der Waals surface area contributed by atoms with E-state index in [4.69, 9.17) is 18.9 Å². The standard InChI is InChI=1S/C18H18N2O5S/c1-22-11-6-5-7-14-15(11)19-18(26-14)20-17(21)10-8-12(23-2)16(25-4)13(9-10)24-3/h5-9H,1-4H3,(H,19,20,21). The van der Waals surface area contributed by atoms with Gasteiger partial charge in [-0.15, -0.1) is 0 Å². The number of rotatable bonds is 6. The fourth-order valence-electron chi connectivity index (χ4n) is 2.52. The van der Waals surface area contributed by atoms with Gasteiger partial charge in [0.25, 0.3) is 5.91 Å². The molecule has 8 heteroatoms. The number of thiazole rings is 1. The van der Waals surface area contributed by atoms with Crippen molar-refractivity contribution in [1.29, 1.82) is 0 Å². The van der Waals surface area contributed by atoms with Crippen LogP contribution in [0.15, 0.2) is 30.3 Å². The zero-order valence-corrected chi connectivity index (χ0v) is 15.6. The van der Waals surface area contributed by atoms with Crippen LogP contribution in [0, 0.1) is 0 Å². The van der Waals surface area contributed by atoms with Gasteiger partial charge in [-0.3, -0.25) is 10.1 Å². The lowest BCUT2D eigenvalue weighted by Crippen LogP contribution is -2.12. The van der Waals surface area contributed by atoms with E-state index in [-0.39, 0.29) is 5.91 Å². The maximum Gasteiger partial charge on any atom is 0.257 e. The van der Waals surface area contributed by atoms with E-state index < -0.39 is 0 Å². The average molecular weight is 374 g/mol. The first-order valence-corrected chi connectivity index (χ1v) is 8.47. The molecular formula is C18H18N2O5S. The maximum atomic E-state index is 12.7. The molecule has 0 saturated carbocycles. The Bertz CT molecular complexity index is 929. The zero-order valence-electron chi connectivity index (χ0n) is 14.8. The molecule has 0 aliphatic carbocycles. The zero-order chi connectivity index (χ0) is 18.7. The second-order valence-electron chi connectivity index (χ2n) is 5.19. The smallest absolute Gasteiger partial charge is 0.257 e. The number of hydrogen-bond acceptors (Lipinski definition) is 7. The molecule has 1 aromatic heterocycles. The SMILES string of the molecule is COc1cc(C(=O)Nc2nc3c(OC)cccc3s2)cc(OC)c1OC. The van der Waals surface area contributed by atoms with Gasteiger partial charge in [-0.05, 0) is 24.3 Å². The second kappa shape index (κ2) is 7.49. The van der Waals surface area contributed by atoms with E-state index in [1.807, 2.05) is 18.2 Å². The van der Waals surface area contributed by atoms with E-state index in [1.165, 1.54) is 32.7 Å². The Morgan fingerprint density at radius 2 is 1.62 bits per heavy atom. The summed E-state index contributed by atoms with van der Waals surface area (Å²) in [5.41, 5.74) is 1.07. The minimum absolute atomic E-state index is 0.331. The molecule has 0 atom stereocenters. The molecule has 0 radical (unpaired) electrons. The largest absolute Gasteiger partial charge is 0.494 e. The number of amides is 1. The first kappa shape index (κ1) is 17.8. The van der Waals surface area contributed by atoms with Crippen LogP contribution in [-0.4, -0.2) is 39.3 Å². The number of carbonyl (C=O) groups is 1. The third-order valence-corrected chi connectivity index (χ3v) is 4.69. The molecule has 1 heterocycles. The van der Waals surface area contributed by atoms with Crippen LogP contribution >= 0.6 is 11.3 Å². The molecule has 1 amide bonds. The second-order valence-corrected chi connectivity index (χ2v) is 6.22. The lowest BCUT2D eigenvalue weighted by Gasteiger charge is -2.13. The predicted octanol–water partition coefficient (Wildman–Crippen LogP) is 3.58. The van der Waals surface area contributed by atoms with Crippen LogP contribution in [0.3, 0.4) is 0 Å². The summed E-state index contributed by atoms with van der Waals surface area (Å²) >= 11 is 1.37. The van der Waals surface area contributed by atoms with Gasteiger partial charge in [0.15, 0.2) is 16.6 Å². The highest BCUT2D eigenvalue weighted by Crippen LogP contribution is 2.38. The third kappa shape index (κ3) is 3.23. The lowest BCUT2D eigenvalue weighted by atomic mass is 10.1. The number of anilines is 1. The van der Waals surface area contributed by atoms with E-state index in [1.54, 1.807) is 19.2 Å². The highest BCUT2D eigenvalue weighted by molar-refractivity contribution is 7.22. The summed E-state index contributed by atoms with van der Waals surface area (Å²) in [5.74, 6) is 1.57. The van der Waals surface area contributed by atoms with Crippen molar-refractivity contribution in [3.8, 4) is 23.0 Å². The lowest BCUT2D eigenvalue weighted by molar-refractivity contribution is 0.102. The minimum atomic E-state index is -0.331.